The molecule has 4 N–H and O–H groups in total. The number of anilines is 2. The zero-order valence-electron chi connectivity index (χ0n) is 24.3. The predicted octanol–water partition coefficient (Wildman–Crippen LogP) is 3.06. The third kappa shape index (κ3) is 9.17. The molecule has 3 aromatic rings. The van der Waals surface area contributed by atoms with Crippen molar-refractivity contribution in [1.29, 1.82) is 0 Å². The number of hydrogen-bond acceptors (Lipinski definition) is 10. The lowest BCUT2D eigenvalue weighted by Crippen LogP contribution is -2.43. The van der Waals surface area contributed by atoms with Crippen molar-refractivity contribution in [2.24, 2.45) is 0 Å². The van der Waals surface area contributed by atoms with E-state index < -0.39 is 18.2 Å². The Morgan fingerprint density at radius 2 is 1.90 bits per heavy atom. The molecule has 0 radical (unpaired) electrons. The molecule has 0 aliphatic carbocycles. The minimum Gasteiger partial charge on any atom is -0.480 e. The van der Waals surface area contributed by atoms with Crippen molar-refractivity contribution in [3.63, 3.8) is 0 Å². The summed E-state index contributed by atoms with van der Waals surface area (Å²) in [6.07, 6.45) is 8.02. The first-order valence-corrected chi connectivity index (χ1v) is 14.3. The molecular weight excluding hydrogens is 520 g/mol. The quantitative estimate of drug-likeness (QED) is 0.160. The number of hydrogen-bond donors (Lipinski definition) is 4. The van der Waals surface area contributed by atoms with E-state index in [0.717, 1.165) is 68.0 Å². The van der Waals surface area contributed by atoms with Crippen LogP contribution in [0.25, 0.3) is 11.4 Å². The number of aliphatic hydroxyl groups excluding tert-OH is 1. The summed E-state index contributed by atoms with van der Waals surface area (Å²) in [7, 11) is 3.66. The number of fused-ring (bicyclic) bond motifs is 1. The van der Waals surface area contributed by atoms with Gasteiger partial charge in [0.2, 0.25) is 0 Å². The molecule has 4 heterocycles. The van der Waals surface area contributed by atoms with Crippen molar-refractivity contribution in [1.82, 2.24) is 29.7 Å². The van der Waals surface area contributed by atoms with Gasteiger partial charge in [0.25, 0.3) is 0 Å². The van der Waals surface area contributed by atoms with Gasteiger partial charge >= 0.3 is 5.97 Å². The zero-order valence-corrected chi connectivity index (χ0v) is 24.3. The smallest absolute Gasteiger partial charge is 0.326 e. The van der Waals surface area contributed by atoms with Crippen LogP contribution >= 0.6 is 0 Å². The van der Waals surface area contributed by atoms with Gasteiger partial charge in [-0.1, -0.05) is 6.07 Å². The van der Waals surface area contributed by atoms with Gasteiger partial charge < -0.3 is 20.8 Å². The van der Waals surface area contributed by atoms with Crippen LogP contribution in [0.5, 0.6) is 0 Å². The third-order valence-corrected chi connectivity index (χ3v) is 7.27. The molecule has 0 fully saturated rings. The topological polar surface area (TPSA) is 140 Å². The molecule has 1 aliphatic heterocycles. The van der Waals surface area contributed by atoms with Crippen LogP contribution in [-0.4, -0.2) is 98.5 Å². The second kappa shape index (κ2) is 14.8. The van der Waals surface area contributed by atoms with Crippen LogP contribution in [0.4, 0.5) is 11.6 Å². The highest BCUT2D eigenvalue weighted by Gasteiger charge is 2.21. The summed E-state index contributed by atoms with van der Waals surface area (Å²) in [5.74, 6) is 1.04. The van der Waals surface area contributed by atoms with Crippen LogP contribution in [0.2, 0.25) is 0 Å². The maximum Gasteiger partial charge on any atom is 0.326 e. The van der Waals surface area contributed by atoms with Crippen molar-refractivity contribution in [2.45, 2.75) is 57.7 Å². The van der Waals surface area contributed by atoms with Gasteiger partial charge in [-0.3, -0.25) is 14.8 Å². The van der Waals surface area contributed by atoms with Gasteiger partial charge in [-0.15, -0.1) is 0 Å². The molecular formula is C30H42N8O3. The van der Waals surface area contributed by atoms with Gasteiger partial charge in [0.1, 0.15) is 23.9 Å². The van der Waals surface area contributed by atoms with Gasteiger partial charge in [-0.2, -0.15) is 0 Å². The fourth-order valence-electron chi connectivity index (χ4n) is 4.86. The first-order valence-electron chi connectivity index (χ1n) is 14.3. The molecule has 0 saturated carbocycles. The average Bonchev–Trinajstić information content (AvgIpc) is 2.97. The Hall–Kier alpha value is -3.67. The number of rotatable bonds is 15. The summed E-state index contributed by atoms with van der Waals surface area (Å²) < 4.78 is 0. The number of nitrogens with zero attached hydrogens (tertiary/aromatic N) is 6. The minimum absolute atomic E-state index is 0.348. The number of carbonyl (C=O) groups is 1. The number of aliphatic hydroxyl groups is 1. The zero-order chi connectivity index (χ0) is 29.2. The summed E-state index contributed by atoms with van der Waals surface area (Å²) in [4.78, 5) is 34.0. The maximum atomic E-state index is 12.2. The molecule has 4 rings (SSSR count). The predicted molar refractivity (Wildman–Crippen MR) is 160 cm³/mol. The van der Waals surface area contributed by atoms with Gasteiger partial charge in [-0.05, 0) is 89.9 Å². The number of aliphatic carboxylic acids is 1. The molecule has 0 saturated heterocycles. The van der Waals surface area contributed by atoms with Gasteiger partial charge in [0, 0.05) is 55.0 Å². The SMILES string of the molecule is Cc1cc(N[C@@H](CCN(CCCCc2ccc3c(n2)NCCC3)C[C@H](O)N(C)C)C(=O)O)nc(-c2ccncc2)n1. The van der Waals surface area contributed by atoms with E-state index >= 15 is 0 Å². The van der Waals surface area contributed by atoms with Crippen LogP contribution in [0.3, 0.4) is 0 Å². The highest BCUT2D eigenvalue weighted by atomic mass is 16.4. The standard InChI is InChI=1S/C30H42N8O3/c1-21-19-26(36-29(33-21)23-11-15-31-16-12-23)35-25(30(40)41)13-18-38(20-27(39)37(2)3)17-5-4-8-24-10-9-22-7-6-14-32-28(22)34-24/h9-12,15-16,19,25,27,39H,4-8,13-14,17-18,20H2,1-3H3,(H,32,34)(H,40,41)(H,33,35,36)/t25-,27-/m0/s1. The molecule has 0 amide bonds. The van der Waals surface area contributed by atoms with E-state index in [9.17, 15) is 15.0 Å². The van der Waals surface area contributed by atoms with Crippen molar-refractivity contribution in [3.05, 3.63) is 59.7 Å². The largest absolute Gasteiger partial charge is 0.480 e. The number of nitrogens with one attached hydrogen (secondary N) is 2. The number of pyridine rings is 2. The van der Waals surface area contributed by atoms with E-state index in [1.54, 1.807) is 23.4 Å². The fraction of sp³-hybridized carbons (Fsp3) is 0.500. The molecule has 41 heavy (non-hydrogen) atoms. The van der Waals surface area contributed by atoms with Gasteiger partial charge in [0.05, 0.1) is 0 Å². The first-order chi connectivity index (χ1) is 19.8. The Morgan fingerprint density at radius 1 is 1.10 bits per heavy atom. The number of unbranched alkanes of at least 4 members (excludes halogenated alkanes) is 1. The number of carboxylic acids is 1. The Labute approximate surface area is 242 Å². The molecule has 11 heteroatoms. The second-order valence-electron chi connectivity index (χ2n) is 10.8. The summed E-state index contributed by atoms with van der Waals surface area (Å²) in [6.45, 7) is 4.52. The van der Waals surface area contributed by atoms with Crippen molar-refractivity contribution in [2.75, 3.05) is 50.9 Å². The Bertz CT molecular complexity index is 1270. The average molecular weight is 563 g/mol. The number of aryl methyl sites for hydroxylation is 3. The third-order valence-electron chi connectivity index (χ3n) is 7.27. The Kier molecular flexibility index (Phi) is 10.9. The van der Waals surface area contributed by atoms with Gasteiger partial charge in [-0.25, -0.2) is 19.7 Å². The van der Waals surface area contributed by atoms with Crippen molar-refractivity contribution < 1.29 is 15.0 Å². The van der Waals surface area contributed by atoms with E-state index in [1.807, 2.05) is 33.2 Å². The number of aromatic nitrogens is 4. The van der Waals surface area contributed by atoms with E-state index in [1.165, 1.54) is 5.56 Å². The highest BCUT2D eigenvalue weighted by molar-refractivity contribution is 5.77. The van der Waals surface area contributed by atoms with Crippen molar-refractivity contribution >= 4 is 17.6 Å². The lowest BCUT2D eigenvalue weighted by molar-refractivity contribution is -0.138. The molecule has 0 unspecified atom stereocenters. The van der Waals surface area contributed by atoms with Crippen LogP contribution in [0, 0.1) is 6.92 Å². The molecule has 220 valence electrons. The molecule has 0 bridgehead atoms. The van der Waals surface area contributed by atoms with E-state index in [-0.39, 0.29) is 0 Å². The normalized spacial score (nSPS) is 14.4. The molecule has 11 nitrogen and oxygen atoms in total. The molecule has 2 atom stereocenters. The summed E-state index contributed by atoms with van der Waals surface area (Å²) in [5, 5.41) is 27.0. The monoisotopic (exact) mass is 562 g/mol. The summed E-state index contributed by atoms with van der Waals surface area (Å²) >= 11 is 0. The van der Waals surface area contributed by atoms with E-state index in [0.29, 0.717) is 31.2 Å². The molecule has 0 spiro atoms. The first kappa shape index (κ1) is 30.3. The molecule has 3 aromatic heterocycles. The number of likely N-dealkylation sites (N-methyl/N-ethyl adjacent to an activating group) is 1. The van der Waals surface area contributed by atoms with Gasteiger partial charge in [0.15, 0.2) is 5.82 Å². The van der Waals surface area contributed by atoms with Crippen LogP contribution in [0.15, 0.2) is 42.7 Å². The highest BCUT2D eigenvalue weighted by Crippen LogP contribution is 2.21. The van der Waals surface area contributed by atoms with E-state index in [4.69, 9.17) is 4.98 Å². The summed E-state index contributed by atoms with van der Waals surface area (Å²) in [5.41, 5.74) is 3.92. The number of carboxylic acid groups (broad SMARTS) is 1. The van der Waals surface area contributed by atoms with Crippen LogP contribution < -0.4 is 10.6 Å². The van der Waals surface area contributed by atoms with E-state index in [2.05, 4.69) is 42.6 Å². The minimum atomic E-state index is -0.952. The summed E-state index contributed by atoms with van der Waals surface area (Å²) in [6, 6.07) is 8.85. The van der Waals surface area contributed by atoms with Crippen LogP contribution in [-0.2, 0) is 17.6 Å². The lowest BCUT2D eigenvalue weighted by atomic mass is 10.1. The van der Waals surface area contributed by atoms with Crippen LogP contribution in [0.1, 0.15) is 42.6 Å². The molecule has 1 aliphatic rings. The second-order valence-corrected chi connectivity index (χ2v) is 10.8. The Balaban J connectivity index is 1.35. The lowest BCUT2D eigenvalue weighted by Gasteiger charge is -2.29. The maximum absolute atomic E-state index is 12.2. The fourth-order valence-corrected chi connectivity index (χ4v) is 4.86. The molecule has 0 aromatic carbocycles. The Morgan fingerprint density at radius 3 is 2.66 bits per heavy atom. The van der Waals surface area contributed by atoms with Crippen molar-refractivity contribution in [3.8, 4) is 11.4 Å².